The first-order valence-electron chi connectivity index (χ1n) is 7.89. The van der Waals surface area contributed by atoms with E-state index in [1.807, 2.05) is 0 Å². The Morgan fingerprint density at radius 2 is 1.79 bits per heavy atom. The minimum atomic E-state index is 0.448. The molecule has 0 radical (unpaired) electrons. The third-order valence-electron chi connectivity index (χ3n) is 4.09. The largest absolute Gasteiger partial charge is 0.382 e. The maximum atomic E-state index is 3.67. The summed E-state index contributed by atoms with van der Waals surface area (Å²) in [7, 11) is 0. The second kappa shape index (κ2) is 7.54. The summed E-state index contributed by atoms with van der Waals surface area (Å²) in [4.78, 5) is 0. The second-order valence-corrected chi connectivity index (χ2v) is 5.78. The van der Waals surface area contributed by atoms with Crippen LogP contribution in [0.3, 0.4) is 0 Å². The van der Waals surface area contributed by atoms with Crippen LogP contribution in [0, 0.1) is 0 Å². The zero-order valence-corrected chi connectivity index (χ0v) is 12.4. The molecule has 0 heterocycles. The van der Waals surface area contributed by atoms with Crippen LogP contribution in [-0.4, -0.2) is 12.6 Å². The molecule has 1 aromatic carbocycles. The number of hydrogen-bond donors (Lipinski definition) is 2. The van der Waals surface area contributed by atoms with Crippen molar-refractivity contribution in [3.05, 3.63) is 29.8 Å². The molecule has 106 valence electrons. The van der Waals surface area contributed by atoms with E-state index in [2.05, 4.69) is 48.7 Å². The van der Waals surface area contributed by atoms with Crippen LogP contribution in [-0.2, 0) is 0 Å². The van der Waals surface area contributed by atoms with Crippen molar-refractivity contribution in [1.29, 1.82) is 0 Å². The summed E-state index contributed by atoms with van der Waals surface area (Å²) in [5.41, 5.74) is 2.65. The standard InChI is InChI=1S/C17H28N2/c1-3-13-18-14(2)15-9-11-17(12-10-15)19-16-7-5-4-6-8-16/h9-12,14,16,18-19H,3-8,13H2,1-2H3. The van der Waals surface area contributed by atoms with Gasteiger partial charge in [0.25, 0.3) is 0 Å². The minimum Gasteiger partial charge on any atom is -0.382 e. The van der Waals surface area contributed by atoms with E-state index >= 15 is 0 Å². The Labute approximate surface area is 118 Å². The quantitative estimate of drug-likeness (QED) is 0.787. The number of benzene rings is 1. The van der Waals surface area contributed by atoms with Crippen LogP contribution in [0.5, 0.6) is 0 Å². The maximum absolute atomic E-state index is 3.67. The molecular weight excluding hydrogens is 232 g/mol. The molecule has 1 atom stereocenters. The lowest BCUT2D eigenvalue weighted by Gasteiger charge is -2.24. The molecule has 0 aromatic heterocycles. The Bertz CT molecular complexity index is 352. The first-order chi connectivity index (χ1) is 9.29. The molecule has 1 unspecified atom stereocenters. The van der Waals surface area contributed by atoms with Crippen molar-refractivity contribution in [2.24, 2.45) is 0 Å². The third-order valence-corrected chi connectivity index (χ3v) is 4.09. The van der Waals surface area contributed by atoms with E-state index in [-0.39, 0.29) is 0 Å². The highest BCUT2D eigenvalue weighted by atomic mass is 14.9. The van der Waals surface area contributed by atoms with Gasteiger partial charge in [0.15, 0.2) is 0 Å². The summed E-state index contributed by atoms with van der Waals surface area (Å²) >= 11 is 0. The topological polar surface area (TPSA) is 24.1 Å². The lowest BCUT2D eigenvalue weighted by atomic mass is 9.95. The van der Waals surface area contributed by atoms with Crippen molar-refractivity contribution in [3.63, 3.8) is 0 Å². The summed E-state index contributed by atoms with van der Waals surface area (Å²) in [6.45, 7) is 5.53. The molecule has 1 aliphatic carbocycles. The molecule has 1 saturated carbocycles. The lowest BCUT2D eigenvalue weighted by molar-refractivity contribution is 0.462. The van der Waals surface area contributed by atoms with Crippen molar-refractivity contribution in [1.82, 2.24) is 5.32 Å². The number of rotatable bonds is 6. The minimum absolute atomic E-state index is 0.448. The molecule has 1 aliphatic rings. The Morgan fingerprint density at radius 1 is 1.11 bits per heavy atom. The average Bonchev–Trinajstić information content (AvgIpc) is 2.46. The van der Waals surface area contributed by atoms with Crippen molar-refractivity contribution < 1.29 is 0 Å². The highest BCUT2D eigenvalue weighted by molar-refractivity contribution is 5.46. The van der Waals surface area contributed by atoms with Crippen LogP contribution in [0.1, 0.15) is 64.0 Å². The van der Waals surface area contributed by atoms with Crippen molar-refractivity contribution in [3.8, 4) is 0 Å². The monoisotopic (exact) mass is 260 g/mol. The van der Waals surface area contributed by atoms with Gasteiger partial charge in [0.05, 0.1) is 0 Å². The molecule has 2 nitrogen and oxygen atoms in total. The maximum Gasteiger partial charge on any atom is 0.0342 e. The fraction of sp³-hybridized carbons (Fsp3) is 0.647. The van der Waals surface area contributed by atoms with Crippen LogP contribution >= 0.6 is 0 Å². The highest BCUT2D eigenvalue weighted by Crippen LogP contribution is 2.22. The Hall–Kier alpha value is -1.02. The van der Waals surface area contributed by atoms with E-state index in [9.17, 15) is 0 Å². The van der Waals surface area contributed by atoms with E-state index < -0.39 is 0 Å². The van der Waals surface area contributed by atoms with Gasteiger partial charge in [-0.05, 0) is 50.4 Å². The molecule has 19 heavy (non-hydrogen) atoms. The molecule has 2 rings (SSSR count). The van der Waals surface area contributed by atoms with Gasteiger partial charge in [-0.15, -0.1) is 0 Å². The number of hydrogen-bond acceptors (Lipinski definition) is 2. The Morgan fingerprint density at radius 3 is 2.42 bits per heavy atom. The van der Waals surface area contributed by atoms with Crippen LogP contribution < -0.4 is 10.6 Å². The zero-order chi connectivity index (χ0) is 13.5. The summed E-state index contributed by atoms with van der Waals surface area (Å²) < 4.78 is 0. The molecule has 0 aliphatic heterocycles. The molecule has 0 amide bonds. The molecule has 1 aromatic rings. The van der Waals surface area contributed by atoms with Gasteiger partial charge in [-0.25, -0.2) is 0 Å². The summed E-state index contributed by atoms with van der Waals surface area (Å²) in [5, 5.41) is 7.20. The Kier molecular flexibility index (Phi) is 5.71. The van der Waals surface area contributed by atoms with Gasteiger partial charge in [-0.1, -0.05) is 38.3 Å². The van der Waals surface area contributed by atoms with Gasteiger partial charge in [0.1, 0.15) is 0 Å². The first kappa shape index (κ1) is 14.4. The van der Waals surface area contributed by atoms with Crippen molar-refractivity contribution in [2.75, 3.05) is 11.9 Å². The first-order valence-corrected chi connectivity index (χ1v) is 7.89. The van der Waals surface area contributed by atoms with Gasteiger partial charge >= 0.3 is 0 Å². The fourth-order valence-corrected chi connectivity index (χ4v) is 2.83. The van der Waals surface area contributed by atoms with Crippen LogP contribution in [0.2, 0.25) is 0 Å². The Balaban J connectivity index is 1.86. The van der Waals surface area contributed by atoms with E-state index in [4.69, 9.17) is 0 Å². The van der Waals surface area contributed by atoms with E-state index in [1.165, 1.54) is 49.8 Å². The van der Waals surface area contributed by atoms with Gasteiger partial charge in [0.2, 0.25) is 0 Å². The fourth-order valence-electron chi connectivity index (χ4n) is 2.83. The predicted molar refractivity (Wildman–Crippen MR) is 83.6 cm³/mol. The molecular formula is C17H28N2. The molecule has 1 fully saturated rings. The normalized spacial score (nSPS) is 18.2. The molecule has 2 N–H and O–H groups in total. The molecule has 2 heteroatoms. The molecule has 0 saturated heterocycles. The van der Waals surface area contributed by atoms with Crippen LogP contribution in [0.15, 0.2) is 24.3 Å². The smallest absolute Gasteiger partial charge is 0.0342 e. The highest BCUT2D eigenvalue weighted by Gasteiger charge is 2.12. The third kappa shape index (κ3) is 4.54. The molecule has 0 spiro atoms. The van der Waals surface area contributed by atoms with Gasteiger partial charge < -0.3 is 10.6 Å². The summed E-state index contributed by atoms with van der Waals surface area (Å²) in [6, 6.07) is 10.1. The average molecular weight is 260 g/mol. The van der Waals surface area contributed by atoms with Gasteiger partial charge in [-0.3, -0.25) is 0 Å². The van der Waals surface area contributed by atoms with E-state index in [0.29, 0.717) is 12.1 Å². The summed E-state index contributed by atoms with van der Waals surface area (Å²) in [5.74, 6) is 0. The van der Waals surface area contributed by atoms with Crippen molar-refractivity contribution in [2.45, 2.75) is 64.5 Å². The van der Waals surface area contributed by atoms with Crippen molar-refractivity contribution >= 4 is 5.69 Å². The van der Waals surface area contributed by atoms with E-state index in [0.717, 1.165) is 6.54 Å². The van der Waals surface area contributed by atoms with Gasteiger partial charge in [-0.2, -0.15) is 0 Å². The predicted octanol–water partition coefficient (Wildman–Crippen LogP) is 4.49. The second-order valence-electron chi connectivity index (χ2n) is 5.78. The SMILES string of the molecule is CCCNC(C)c1ccc(NC2CCCCC2)cc1. The zero-order valence-electron chi connectivity index (χ0n) is 12.4. The summed E-state index contributed by atoms with van der Waals surface area (Å²) in [6.07, 6.45) is 8.03. The van der Waals surface area contributed by atoms with E-state index in [1.54, 1.807) is 0 Å². The van der Waals surface area contributed by atoms with Crippen LogP contribution in [0.25, 0.3) is 0 Å². The van der Waals surface area contributed by atoms with Crippen LogP contribution in [0.4, 0.5) is 5.69 Å². The number of nitrogens with one attached hydrogen (secondary N) is 2. The lowest BCUT2D eigenvalue weighted by Crippen LogP contribution is -2.22. The number of anilines is 1. The molecule has 0 bridgehead atoms. The van der Waals surface area contributed by atoms with Gasteiger partial charge in [0, 0.05) is 17.8 Å².